The fourth-order valence-electron chi connectivity index (χ4n) is 1.51. The van der Waals surface area contributed by atoms with Crippen LogP contribution in [0.4, 0.5) is 0 Å². The van der Waals surface area contributed by atoms with Crippen LogP contribution >= 0.6 is 11.3 Å². The van der Waals surface area contributed by atoms with Gasteiger partial charge in [0.05, 0.1) is 24.5 Å². The van der Waals surface area contributed by atoms with Crippen molar-refractivity contribution in [3.8, 4) is 0 Å². The largest absolute Gasteiger partial charge is 0.352 e. The van der Waals surface area contributed by atoms with Crippen molar-refractivity contribution in [3.63, 3.8) is 0 Å². The molecule has 0 bridgehead atoms. The molecule has 0 saturated heterocycles. The second-order valence-electron chi connectivity index (χ2n) is 4.94. The third-order valence-electron chi connectivity index (χ3n) is 2.50. The summed E-state index contributed by atoms with van der Waals surface area (Å²) in [4.78, 5) is 46.4. The first-order valence-corrected chi connectivity index (χ1v) is 7.91. The Hall–Kier alpha value is -2.42. The Balaban J connectivity index is 2.16. The van der Waals surface area contributed by atoms with Gasteiger partial charge in [-0.25, -0.2) is 0 Å². The minimum atomic E-state index is -0.489. The standard InChI is InChI=1S/C14H20N4O4S/c1-9(2)18-13(21)8-16-11(19)6-15-12(20)7-17-14(22)10-4-3-5-23-10/h3-5,9H,6-8H2,1-2H3,(H,15,20)(H,16,19)(H,17,22)(H,18,21). The third-order valence-corrected chi connectivity index (χ3v) is 3.36. The molecule has 23 heavy (non-hydrogen) atoms. The molecular formula is C14H20N4O4S. The van der Waals surface area contributed by atoms with E-state index in [9.17, 15) is 19.2 Å². The summed E-state index contributed by atoms with van der Waals surface area (Å²) in [6.45, 7) is 2.98. The summed E-state index contributed by atoms with van der Waals surface area (Å²) < 4.78 is 0. The first kappa shape index (κ1) is 18.6. The van der Waals surface area contributed by atoms with Crippen molar-refractivity contribution in [2.24, 2.45) is 0 Å². The molecule has 9 heteroatoms. The van der Waals surface area contributed by atoms with Crippen LogP contribution in [0.1, 0.15) is 23.5 Å². The molecular weight excluding hydrogens is 320 g/mol. The van der Waals surface area contributed by atoms with Gasteiger partial charge in [0.1, 0.15) is 0 Å². The number of thiophene rings is 1. The summed E-state index contributed by atoms with van der Waals surface area (Å²) in [5.41, 5.74) is 0. The van der Waals surface area contributed by atoms with Crippen molar-refractivity contribution in [2.75, 3.05) is 19.6 Å². The van der Waals surface area contributed by atoms with Crippen LogP contribution in [0.2, 0.25) is 0 Å². The fraction of sp³-hybridized carbons (Fsp3) is 0.429. The van der Waals surface area contributed by atoms with E-state index in [1.165, 1.54) is 11.3 Å². The van der Waals surface area contributed by atoms with Gasteiger partial charge in [0, 0.05) is 6.04 Å². The lowest BCUT2D eigenvalue weighted by molar-refractivity contribution is -0.127. The van der Waals surface area contributed by atoms with Crippen LogP contribution in [0.25, 0.3) is 0 Å². The van der Waals surface area contributed by atoms with Crippen molar-refractivity contribution >= 4 is 35.0 Å². The molecule has 0 aliphatic rings. The lowest BCUT2D eigenvalue weighted by Crippen LogP contribution is -2.45. The summed E-state index contributed by atoms with van der Waals surface area (Å²) in [5, 5.41) is 11.6. The maximum absolute atomic E-state index is 11.6. The highest BCUT2D eigenvalue weighted by Gasteiger charge is 2.10. The van der Waals surface area contributed by atoms with E-state index < -0.39 is 11.8 Å². The predicted molar refractivity (Wildman–Crippen MR) is 86.0 cm³/mol. The van der Waals surface area contributed by atoms with Gasteiger partial charge in [0.2, 0.25) is 17.7 Å². The molecule has 0 aliphatic carbocycles. The number of hydrogen-bond acceptors (Lipinski definition) is 5. The van der Waals surface area contributed by atoms with E-state index >= 15 is 0 Å². The number of nitrogens with one attached hydrogen (secondary N) is 4. The van der Waals surface area contributed by atoms with Crippen LogP contribution in [-0.4, -0.2) is 49.3 Å². The van der Waals surface area contributed by atoms with Crippen LogP contribution in [0.5, 0.6) is 0 Å². The number of carbonyl (C=O) groups excluding carboxylic acids is 4. The molecule has 0 fully saturated rings. The lowest BCUT2D eigenvalue weighted by atomic mass is 10.4. The van der Waals surface area contributed by atoms with Crippen LogP contribution in [0.3, 0.4) is 0 Å². The Labute approximate surface area is 138 Å². The van der Waals surface area contributed by atoms with E-state index in [0.717, 1.165) is 0 Å². The number of rotatable bonds is 8. The monoisotopic (exact) mass is 340 g/mol. The summed E-state index contributed by atoms with van der Waals surface area (Å²) in [6.07, 6.45) is 0. The zero-order valence-electron chi connectivity index (χ0n) is 13.0. The van der Waals surface area contributed by atoms with Gasteiger partial charge in [-0.3, -0.25) is 19.2 Å². The summed E-state index contributed by atoms with van der Waals surface area (Å²) >= 11 is 1.27. The number of carbonyl (C=O) groups is 4. The van der Waals surface area contributed by atoms with Gasteiger partial charge in [-0.15, -0.1) is 11.3 Å². The van der Waals surface area contributed by atoms with Crippen molar-refractivity contribution in [1.82, 2.24) is 21.3 Å². The Bertz CT molecular complexity index is 557. The Kier molecular flexibility index (Phi) is 7.75. The molecule has 0 atom stereocenters. The van der Waals surface area contributed by atoms with E-state index in [1.54, 1.807) is 17.5 Å². The molecule has 1 heterocycles. The summed E-state index contributed by atoms with van der Waals surface area (Å²) in [7, 11) is 0. The van der Waals surface area contributed by atoms with E-state index in [1.807, 2.05) is 13.8 Å². The highest BCUT2D eigenvalue weighted by Crippen LogP contribution is 2.07. The summed E-state index contributed by atoms with van der Waals surface area (Å²) in [5.74, 6) is -1.62. The second-order valence-corrected chi connectivity index (χ2v) is 5.88. The van der Waals surface area contributed by atoms with Gasteiger partial charge >= 0.3 is 0 Å². The highest BCUT2D eigenvalue weighted by atomic mass is 32.1. The van der Waals surface area contributed by atoms with Crippen LogP contribution in [0.15, 0.2) is 17.5 Å². The maximum Gasteiger partial charge on any atom is 0.261 e. The maximum atomic E-state index is 11.6. The smallest absolute Gasteiger partial charge is 0.261 e. The predicted octanol–water partition coefficient (Wildman–Crippen LogP) is -0.765. The zero-order valence-corrected chi connectivity index (χ0v) is 13.8. The van der Waals surface area contributed by atoms with Crippen LogP contribution in [-0.2, 0) is 14.4 Å². The highest BCUT2D eigenvalue weighted by molar-refractivity contribution is 7.12. The minimum absolute atomic E-state index is 0.00828. The molecule has 0 unspecified atom stereocenters. The first-order valence-electron chi connectivity index (χ1n) is 7.03. The van der Waals surface area contributed by atoms with Crippen molar-refractivity contribution in [2.45, 2.75) is 19.9 Å². The van der Waals surface area contributed by atoms with Crippen LogP contribution < -0.4 is 21.3 Å². The minimum Gasteiger partial charge on any atom is -0.352 e. The van der Waals surface area contributed by atoms with Gasteiger partial charge in [-0.05, 0) is 25.3 Å². The zero-order chi connectivity index (χ0) is 17.2. The van der Waals surface area contributed by atoms with E-state index in [0.29, 0.717) is 4.88 Å². The molecule has 4 N–H and O–H groups in total. The topological polar surface area (TPSA) is 116 Å². The first-order chi connectivity index (χ1) is 10.9. The van der Waals surface area contributed by atoms with E-state index in [4.69, 9.17) is 0 Å². The van der Waals surface area contributed by atoms with Crippen molar-refractivity contribution in [3.05, 3.63) is 22.4 Å². The van der Waals surface area contributed by atoms with E-state index in [2.05, 4.69) is 21.3 Å². The van der Waals surface area contributed by atoms with Crippen molar-refractivity contribution < 1.29 is 19.2 Å². The number of amides is 4. The van der Waals surface area contributed by atoms with Crippen LogP contribution in [0, 0.1) is 0 Å². The van der Waals surface area contributed by atoms with Gasteiger partial charge in [-0.2, -0.15) is 0 Å². The molecule has 0 saturated carbocycles. The Morgan fingerprint density at radius 2 is 1.52 bits per heavy atom. The molecule has 0 radical (unpaired) electrons. The molecule has 4 amide bonds. The van der Waals surface area contributed by atoms with Gasteiger partial charge in [-0.1, -0.05) is 6.07 Å². The SMILES string of the molecule is CC(C)NC(=O)CNC(=O)CNC(=O)CNC(=O)c1cccs1. The molecule has 0 aromatic carbocycles. The molecule has 8 nitrogen and oxygen atoms in total. The molecule has 1 aromatic heterocycles. The Morgan fingerprint density at radius 3 is 2.04 bits per heavy atom. The van der Waals surface area contributed by atoms with Gasteiger partial charge in [0.25, 0.3) is 5.91 Å². The van der Waals surface area contributed by atoms with Gasteiger partial charge in [0.15, 0.2) is 0 Å². The molecule has 0 spiro atoms. The number of hydrogen-bond donors (Lipinski definition) is 4. The quantitative estimate of drug-likeness (QED) is 0.497. The van der Waals surface area contributed by atoms with Crippen molar-refractivity contribution in [1.29, 1.82) is 0 Å². The van der Waals surface area contributed by atoms with E-state index in [-0.39, 0.29) is 37.5 Å². The molecule has 1 rings (SSSR count). The third kappa shape index (κ3) is 7.96. The second kappa shape index (κ2) is 9.57. The normalized spacial score (nSPS) is 10.0. The molecule has 126 valence electrons. The molecule has 1 aromatic rings. The summed E-state index contributed by atoms with van der Waals surface area (Å²) in [6, 6.07) is 3.37. The fourth-order valence-corrected chi connectivity index (χ4v) is 2.15. The average Bonchev–Trinajstić information content (AvgIpc) is 3.02. The average molecular weight is 340 g/mol. The van der Waals surface area contributed by atoms with Gasteiger partial charge < -0.3 is 21.3 Å². The molecule has 0 aliphatic heterocycles. The Morgan fingerprint density at radius 1 is 0.957 bits per heavy atom. The lowest BCUT2D eigenvalue weighted by Gasteiger charge is -2.10.